The number of fused-ring (bicyclic) bond motifs is 1. The van der Waals surface area contributed by atoms with Gasteiger partial charge in [-0.2, -0.15) is 0 Å². The first kappa shape index (κ1) is 24.2. The average Bonchev–Trinajstić information content (AvgIpc) is 3.54. The zero-order valence-corrected chi connectivity index (χ0v) is 21.6. The third-order valence-electron chi connectivity index (χ3n) is 6.82. The molecule has 1 saturated carbocycles. The molecule has 8 heteroatoms. The van der Waals surface area contributed by atoms with Crippen molar-refractivity contribution >= 4 is 27.0 Å². The fourth-order valence-electron chi connectivity index (χ4n) is 4.93. The van der Waals surface area contributed by atoms with Crippen LogP contribution in [0.25, 0.3) is 10.4 Å². The van der Waals surface area contributed by atoms with Gasteiger partial charge in [0.25, 0.3) is 10.0 Å². The zero-order valence-electron chi connectivity index (χ0n) is 20.0. The fraction of sp³-hybridized carbons (Fsp3) is 0.407. The SMILES string of the molecule is C[C@@H](CC1CCCCC1)NCc1ccccc1NS(=O)(=O)c1ccc(-c2ccc3c(c2)OCO3)s1. The van der Waals surface area contributed by atoms with Crippen LogP contribution in [0, 0.1) is 5.92 Å². The quantitative estimate of drug-likeness (QED) is 0.347. The third-order valence-corrected chi connectivity index (χ3v) is 9.81. The van der Waals surface area contributed by atoms with Gasteiger partial charge >= 0.3 is 0 Å². The summed E-state index contributed by atoms with van der Waals surface area (Å²) in [6, 6.07) is 17.1. The molecule has 1 aliphatic carbocycles. The minimum Gasteiger partial charge on any atom is -0.454 e. The summed E-state index contributed by atoms with van der Waals surface area (Å²) in [6.45, 7) is 3.06. The van der Waals surface area contributed by atoms with Crippen LogP contribution in [0.5, 0.6) is 11.5 Å². The van der Waals surface area contributed by atoms with E-state index in [4.69, 9.17) is 9.47 Å². The molecular formula is C27H32N2O4S2. The van der Waals surface area contributed by atoms with Crippen LogP contribution in [0.2, 0.25) is 0 Å². The van der Waals surface area contributed by atoms with Crippen molar-refractivity contribution in [3.63, 3.8) is 0 Å². The smallest absolute Gasteiger partial charge is 0.271 e. The second kappa shape index (κ2) is 10.6. The molecule has 0 unspecified atom stereocenters. The Balaban J connectivity index is 1.25. The lowest BCUT2D eigenvalue weighted by atomic mass is 9.85. The molecule has 0 radical (unpaired) electrons. The van der Waals surface area contributed by atoms with Crippen molar-refractivity contribution in [3.05, 3.63) is 60.2 Å². The second-order valence-corrected chi connectivity index (χ2v) is 12.5. The number of ether oxygens (including phenoxy) is 2. The van der Waals surface area contributed by atoms with Crippen molar-refractivity contribution < 1.29 is 17.9 Å². The van der Waals surface area contributed by atoms with Crippen molar-refractivity contribution in [1.82, 2.24) is 5.32 Å². The van der Waals surface area contributed by atoms with Gasteiger partial charge in [0.2, 0.25) is 6.79 Å². The summed E-state index contributed by atoms with van der Waals surface area (Å²) < 4.78 is 40.4. The molecule has 1 fully saturated rings. The Morgan fingerprint density at radius 1 is 1.00 bits per heavy atom. The van der Waals surface area contributed by atoms with Crippen LogP contribution >= 0.6 is 11.3 Å². The third kappa shape index (κ3) is 5.82. The fourth-order valence-corrected chi connectivity index (χ4v) is 7.33. The van der Waals surface area contributed by atoms with E-state index in [-0.39, 0.29) is 11.0 Å². The maximum Gasteiger partial charge on any atom is 0.271 e. The lowest BCUT2D eigenvalue weighted by Gasteiger charge is -2.25. The highest BCUT2D eigenvalue weighted by Gasteiger charge is 2.21. The molecule has 3 aromatic rings. The van der Waals surface area contributed by atoms with Crippen LogP contribution in [-0.4, -0.2) is 21.3 Å². The number of sulfonamides is 1. The van der Waals surface area contributed by atoms with E-state index in [2.05, 4.69) is 17.0 Å². The molecule has 0 saturated heterocycles. The van der Waals surface area contributed by atoms with Gasteiger partial charge in [-0.25, -0.2) is 8.42 Å². The van der Waals surface area contributed by atoms with E-state index in [0.29, 0.717) is 29.8 Å². The van der Waals surface area contributed by atoms with Crippen molar-refractivity contribution in [2.75, 3.05) is 11.5 Å². The minimum atomic E-state index is -3.71. The van der Waals surface area contributed by atoms with Gasteiger partial charge in [-0.15, -0.1) is 11.3 Å². The molecule has 186 valence electrons. The molecule has 1 atom stereocenters. The van der Waals surface area contributed by atoms with E-state index in [1.54, 1.807) is 6.07 Å². The Hall–Kier alpha value is -2.55. The highest BCUT2D eigenvalue weighted by atomic mass is 32.2. The van der Waals surface area contributed by atoms with Crippen molar-refractivity contribution in [2.45, 2.75) is 62.2 Å². The summed E-state index contributed by atoms with van der Waals surface area (Å²) in [6.07, 6.45) is 7.90. The number of rotatable bonds is 9. The van der Waals surface area contributed by atoms with Crippen LogP contribution in [0.15, 0.2) is 58.8 Å². The molecule has 2 aliphatic rings. The van der Waals surface area contributed by atoms with Crippen LogP contribution in [0.3, 0.4) is 0 Å². The van der Waals surface area contributed by atoms with Crippen molar-refractivity contribution in [1.29, 1.82) is 0 Å². The number of nitrogens with one attached hydrogen (secondary N) is 2. The Bertz CT molecular complexity index is 1270. The first-order chi connectivity index (χ1) is 17.0. The molecule has 0 amide bonds. The monoisotopic (exact) mass is 512 g/mol. The highest BCUT2D eigenvalue weighted by molar-refractivity contribution is 7.94. The maximum atomic E-state index is 13.2. The van der Waals surface area contributed by atoms with Gasteiger partial charge < -0.3 is 14.8 Å². The summed E-state index contributed by atoms with van der Waals surface area (Å²) >= 11 is 1.24. The average molecular weight is 513 g/mol. The molecule has 0 bridgehead atoms. The summed E-state index contributed by atoms with van der Waals surface area (Å²) in [4.78, 5) is 0.857. The van der Waals surface area contributed by atoms with Gasteiger partial charge in [0.15, 0.2) is 11.5 Å². The highest BCUT2D eigenvalue weighted by Crippen LogP contribution is 2.39. The summed E-state index contributed by atoms with van der Waals surface area (Å²) in [5.41, 5.74) is 2.46. The van der Waals surface area contributed by atoms with Crippen LogP contribution in [0.1, 0.15) is 51.0 Å². The number of benzene rings is 2. The van der Waals surface area contributed by atoms with E-state index >= 15 is 0 Å². The molecule has 2 aromatic carbocycles. The van der Waals surface area contributed by atoms with E-state index < -0.39 is 10.0 Å². The number of thiophene rings is 1. The lowest BCUT2D eigenvalue weighted by Crippen LogP contribution is -2.29. The zero-order chi connectivity index (χ0) is 24.3. The van der Waals surface area contributed by atoms with Gasteiger partial charge in [0.05, 0.1) is 5.69 Å². The van der Waals surface area contributed by atoms with Gasteiger partial charge in [-0.3, -0.25) is 4.72 Å². The van der Waals surface area contributed by atoms with E-state index in [9.17, 15) is 8.42 Å². The van der Waals surface area contributed by atoms with Crippen LogP contribution in [0.4, 0.5) is 5.69 Å². The van der Waals surface area contributed by atoms with E-state index in [1.807, 2.05) is 48.5 Å². The lowest BCUT2D eigenvalue weighted by molar-refractivity contribution is 0.174. The summed E-state index contributed by atoms with van der Waals surface area (Å²) in [7, 11) is -3.71. The second-order valence-electron chi connectivity index (χ2n) is 9.47. The molecule has 2 heterocycles. The molecule has 5 rings (SSSR count). The summed E-state index contributed by atoms with van der Waals surface area (Å²) in [5.74, 6) is 2.19. The number of para-hydroxylation sites is 1. The van der Waals surface area contributed by atoms with Gasteiger partial charge in [-0.05, 0) is 66.8 Å². The Morgan fingerprint density at radius 3 is 2.66 bits per heavy atom. The van der Waals surface area contributed by atoms with Crippen LogP contribution in [-0.2, 0) is 16.6 Å². The Kier molecular flexibility index (Phi) is 7.32. The molecule has 0 spiro atoms. The van der Waals surface area contributed by atoms with E-state index in [1.165, 1.54) is 49.9 Å². The predicted octanol–water partition coefficient (Wildman–Crippen LogP) is 6.39. The van der Waals surface area contributed by atoms with Crippen LogP contribution < -0.4 is 19.5 Å². The molecule has 2 N–H and O–H groups in total. The summed E-state index contributed by atoms with van der Waals surface area (Å²) in [5, 5.41) is 3.60. The molecule has 1 aliphatic heterocycles. The topological polar surface area (TPSA) is 76.7 Å². The van der Waals surface area contributed by atoms with Crippen molar-refractivity contribution in [2.24, 2.45) is 5.92 Å². The van der Waals surface area contributed by atoms with E-state index in [0.717, 1.165) is 21.9 Å². The predicted molar refractivity (Wildman–Crippen MR) is 141 cm³/mol. The normalized spacial score (nSPS) is 16.8. The largest absolute Gasteiger partial charge is 0.454 e. The molecule has 1 aromatic heterocycles. The Labute approximate surface area is 211 Å². The maximum absolute atomic E-state index is 13.2. The van der Waals surface area contributed by atoms with Crippen molar-refractivity contribution in [3.8, 4) is 21.9 Å². The first-order valence-corrected chi connectivity index (χ1v) is 14.6. The standard InChI is InChI=1S/C27H32N2O4S2/c1-19(15-20-7-3-2-4-8-20)28-17-22-9-5-6-10-23(22)29-35(30,31)27-14-13-26(34-27)21-11-12-24-25(16-21)33-18-32-24/h5-6,9-14,16,19-20,28-29H,2-4,7-8,15,17-18H2,1H3/t19-/m0/s1. The van der Waals surface area contributed by atoms with Gasteiger partial charge in [-0.1, -0.05) is 50.3 Å². The minimum absolute atomic E-state index is 0.209. The van der Waals surface area contributed by atoms with Gasteiger partial charge in [0, 0.05) is 17.5 Å². The Morgan fingerprint density at radius 2 is 1.80 bits per heavy atom. The first-order valence-electron chi connectivity index (χ1n) is 12.3. The number of anilines is 1. The number of hydrogen-bond acceptors (Lipinski definition) is 6. The van der Waals surface area contributed by atoms with Gasteiger partial charge in [0.1, 0.15) is 4.21 Å². The molecular weight excluding hydrogens is 480 g/mol. The molecule has 35 heavy (non-hydrogen) atoms. The molecule has 6 nitrogen and oxygen atoms in total. The number of hydrogen-bond donors (Lipinski definition) is 2.